The van der Waals surface area contributed by atoms with Gasteiger partial charge in [0.25, 0.3) is 0 Å². The number of nitrogens with zero attached hydrogens (tertiary/aromatic N) is 1. The van der Waals surface area contributed by atoms with Crippen LogP contribution in [0.2, 0.25) is 0 Å². The zero-order chi connectivity index (χ0) is 10.7. The molecule has 0 bridgehead atoms. The van der Waals surface area contributed by atoms with Crippen LogP contribution in [0.15, 0.2) is 18.8 Å². The number of alkyl halides is 1. The summed E-state index contributed by atoms with van der Waals surface area (Å²) in [6, 6.07) is 1.14. The molecule has 1 heterocycles. The number of allylic oxidation sites excluding steroid dienone is 1. The standard InChI is InChI=1S/C9H8BrFN2O/c1-5(7(14)4-10)8-6(11)2-3-13-9(8)12/h2-3H,1,4H2,(H2,12,13). The summed E-state index contributed by atoms with van der Waals surface area (Å²) in [5.41, 5.74) is 5.45. The molecule has 1 rings (SSSR count). The third-order valence-electron chi connectivity index (χ3n) is 1.69. The fraction of sp³-hybridized carbons (Fsp3) is 0.111. The van der Waals surface area contributed by atoms with Crippen LogP contribution in [0.3, 0.4) is 0 Å². The van der Waals surface area contributed by atoms with Gasteiger partial charge in [-0.1, -0.05) is 22.5 Å². The molecule has 0 spiro atoms. The van der Waals surface area contributed by atoms with E-state index in [2.05, 4.69) is 27.5 Å². The largest absolute Gasteiger partial charge is 0.383 e. The normalized spacial score (nSPS) is 9.86. The molecule has 0 saturated carbocycles. The van der Waals surface area contributed by atoms with Gasteiger partial charge in [0.1, 0.15) is 11.6 Å². The summed E-state index contributed by atoms with van der Waals surface area (Å²) in [7, 11) is 0. The third-order valence-corrected chi connectivity index (χ3v) is 2.20. The number of aromatic nitrogens is 1. The Bertz CT molecular complexity index is 372. The summed E-state index contributed by atoms with van der Waals surface area (Å²) in [4.78, 5) is 14.9. The second-order valence-corrected chi connectivity index (χ2v) is 3.15. The maximum atomic E-state index is 13.2. The first-order valence-corrected chi connectivity index (χ1v) is 4.88. The summed E-state index contributed by atoms with van der Waals surface area (Å²) < 4.78 is 13.2. The van der Waals surface area contributed by atoms with E-state index in [-0.39, 0.29) is 28.1 Å². The van der Waals surface area contributed by atoms with Crippen LogP contribution < -0.4 is 5.73 Å². The van der Waals surface area contributed by atoms with Gasteiger partial charge in [-0.15, -0.1) is 0 Å². The Labute approximate surface area is 89.0 Å². The number of carbonyl (C=O) groups excluding carboxylic acids is 1. The van der Waals surface area contributed by atoms with Crippen LogP contribution in [0.5, 0.6) is 0 Å². The molecule has 0 saturated heterocycles. The zero-order valence-electron chi connectivity index (χ0n) is 7.26. The molecule has 74 valence electrons. The zero-order valence-corrected chi connectivity index (χ0v) is 8.84. The summed E-state index contributed by atoms with van der Waals surface area (Å²) in [6.07, 6.45) is 1.24. The quantitative estimate of drug-likeness (QED) is 0.665. The van der Waals surface area contributed by atoms with Gasteiger partial charge in [-0.3, -0.25) is 4.79 Å². The number of carbonyl (C=O) groups is 1. The van der Waals surface area contributed by atoms with Gasteiger partial charge in [0.2, 0.25) is 0 Å². The molecular weight excluding hydrogens is 251 g/mol. The van der Waals surface area contributed by atoms with Crippen molar-refractivity contribution in [3.63, 3.8) is 0 Å². The van der Waals surface area contributed by atoms with Crippen molar-refractivity contribution in [2.75, 3.05) is 11.1 Å². The average Bonchev–Trinajstić information content (AvgIpc) is 2.16. The number of hydrogen-bond acceptors (Lipinski definition) is 3. The number of pyridine rings is 1. The van der Waals surface area contributed by atoms with Gasteiger partial charge in [-0.05, 0) is 6.07 Å². The van der Waals surface area contributed by atoms with Gasteiger partial charge in [0.05, 0.1) is 10.9 Å². The van der Waals surface area contributed by atoms with Crippen molar-refractivity contribution < 1.29 is 9.18 Å². The molecule has 14 heavy (non-hydrogen) atoms. The highest BCUT2D eigenvalue weighted by Crippen LogP contribution is 2.22. The lowest BCUT2D eigenvalue weighted by Gasteiger charge is -2.06. The third kappa shape index (κ3) is 1.98. The Hall–Kier alpha value is -1.23. The Balaban J connectivity index is 3.19. The van der Waals surface area contributed by atoms with Crippen molar-refractivity contribution in [1.29, 1.82) is 0 Å². The van der Waals surface area contributed by atoms with E-state index in [1.807, 2.05) is 0 Å². The summed E-state index contributed by atoms with van der Waals surface area (Å²) in [5, 5.41) is 0.0829. The van der Waals surface area contributed by atoms with Crippen LogP contribution in [0, 0.1) is 5.82 Å². The highest BCUT2D eigenvalue weighted by molar-refractivity contribution is 9.09. The minimum atomic E-state index is -0.586. The molecule has 0 aliphatic heterocycles. The molecule has 0 amide bonds. The number of ketones is 1. The summed E-state index contributed by atoms with van der Waals surface area (Å²) in [6.45, 7) is 3.48. The molecule has 0 fully saturated rings. The number of anilines is 1. The fourth-order valence-electron chi connectivity index (χ4n) is 0.972. The lowest BCUT2D eigenvalue weighted by atomic mass is 10.1. The minimum absolute atomic E-state index is 0.0167. The van der Waals surface area contributed by atoms with E-state index in [1.165, 1.54) is 6.20 Å². The Morgan fingerprint density at radius 1 is 1.71 bits per heavy atom. The molecule has 0 atom stereocenters. The summed E-state index contributed by atoms with van der Waals surface area (Å²) in [5.74, 6) is -0.926. The van der Waals surface area contributed by atoms with Crippen LogP contribution >= 0.6 is 15.9 Å². The second-order valence-electron chi connectivity index (χ2n) is 2.59. The van der Waals surface area contributed by atoms with Gasteiger partial charge in [0.15, 0.2) is 5.78 Å². The first-order chi connectivity index (χ1) is 6.57. The molecule has 3 nitrogen and oxygen atoms in total. The van der Waals surface area contributed by atoms with Crippen molar-refractivity contribution in [3.8, 4) is 0 Å². The highest BCUT2D eigenvalue weighted by atomic mass is 79.9. The molecule has 1 aromatic heterocycles. The predicted molar refractivity (Wildman–Crippen MR) is 56.4 cm³/mol. The van der Waals surface area contributed by atoms with E-state index in [4.69, 9.17) is 5.73 Å². The Morgan fingerprint density at radius 2 is 2.36 bits per heavy atom. The maximum Gasteiger partial charge on any atom is 0.173 e. The molecule has 1 aromatic rings. The first-order valence-electron chi connectivity index (χ1n) is 3.76. The van der Waals surface area contributed by atoms with Crippen molar-refractivity contribution in [2.45, 2.75) is 0 Å². The lowest BCUT2D eigenvalue weighted by molar-refractivity contribution is -0.111. The molecule has 0 unspecified atom stereocenters. The molecule has 0 aliphatic carbocycles. The number of hydrogen-bond donors (Lipinski definition) is 1. The SMILES string of the molecule is C=C(C(=O)CBr)c1c(F)ccnc1N. The average molecular weight is 259 g/mol. The molecular formula is C9H8BrFN2O. The fourth-order valence-corrected chi connectivity index (χ4v) is 1.31. The van der Waals surface area contributed by atoms with E-state index in [0.29, 0.717) is 0 Å². The first kappa shape index (κ1) is 10.8. The Kier molecular flexibility index (Phi) is 3.35. The van der Waals surface area contributed by atoms with Gasteiger partial charge in [-0.2, -0.15) is 0 Å². The number of Topliss-reactive ketones (excluding diaryl/α,β-unsaturated/α-hetero) is 1. The number of nitrogen functional groups attached to an aromatic ring is 1. The van der Waals surface area contributed by atoms with Gasteiger partial charge in [-0.25, -0.2) is 9.37 Å². The van der Waals surface area contributed by atoms with Gasteiger partial charge in [0, 0.05) is 11.8 Å². The number of nitrogens with two attached hydrogens (primary N) is 1. The van der Waals surface area contributed by atoms with Crippen LogP contribution in [0.25, 0.3) is 5.57 Å². The molecule has 0 aliphatic rings. The lowest BCUT2D eigenvalue weighted by Crippen LogP contribution is -2.07. The minimum Gasteiger partial charge on any atom is -0.383 e. The van der Waals surface area contributed by atoms with Crippen LogP contribution in [0.1, 0.15) is 5.56 Å². The smallest absolute Gasteiger partial charge is 0.173 e. The molecule has 0 radical (unpaired) electrons. The molecule has 2 N–H and O–H groups in total. The van der Waals surface area contributed by atoms with Crippen LogP contribution in [-0.2, 0) is 4.79 Å². The monoisotopic (exact) mass is 258 g/mol. The van der Waals surface area contributed by atoms with Crippen molar-refractivity contribution in [2.24, 2.45) is 0 Å². The van der Waals surface area contributed by atoms with E-state index in [9.17, 15) is 9.18 Å². The highest BCUT2D eigenvalue weighted by Gasteiger charge is 2.15. The number of rotatable bonds is 3. The Morgan fingerprint density at radius 3 is 2.86 bits per heavy atom. The van der Waals surface area contributed by atoms with E-state index in [0.717, 1.165) is 6.07 Å². The van der Waals surface area contributed by atoms with Crippen molar-refractivity contribution >= 4 is 33.1 Å². The van der Waals surface area contributed by atoms with Crippen LogP contribution in [0.4, 0.5) is 10.2 Å². The molecule has 0 aromatic carbocycles. The molecule has 5 heteroatoms. The van der Waals surface area contributed by atoms with E-state index < -0.39 is 5.82 Å². The van der Waals surface area contributed by atoms with Crippen molar-refractivity contribution in [1.82, 2.24) is 4.98 Å². The topological polar surface area (TPSA) is 56.0 Å². The van der Waals surface area contributed by atoms with E-state index in [1.54, 1.807) is 0 Å². The van der Waals surface area contributed by atoms with Gasteiger partial charge >= 0.3 is 0 Å². The van der Waals surface area contributed by atoms with Crippen molar-refractivity contribution in [3.05, 3.63) is 30.2 Å². The number of halogens is 2. The van der Waals surface area contributed by atoms with E-state index >= 15 is 0 Å². The second kappa shape index (κ2) is 4.32. The maximum absolute atomic E-state index is 13.2. The van der Waals surface area contributed by atoms with Gasteiger partial charge < -0.3 is 5.73 Å². The summed E-state index contributed by atoms with van der Waals surface area (Å²) >= 11 is 2.97. The van der Waals surface area contributed by atoms with Crippen LogP contribution in [-0.4, -0.2) is 16.1 Å². The predicted octanol–water partition coefficient (Wildman–Crippen LogP) is 1.78.